The maximum absolute atomic E-state index is 14.3. The van der Waals surface area contributed by atoms with Crippen LogP contribution in [0.5, 0.6) is 17.2 Å². The van der Waals surface area contributed by atoms with E-state index in [1.165, 1.54) is 64.0 Å². The van der Waals surface area contributed by atoms with Crippen molar-refractivity contribution < 1.29 is 106 Å². The Labute approximate surface area is 654 Å². The number of benzene rings is 5. The molecular formula is C72H89ClFMgN13O19P2. The van der Waals surface area contributed by atoms with E-state index in [0.717, 1.165) is 11.1 Å². The van der Waals surface area contributed by atoms with Crippen molar-refractivity contribution in [2.45, 2.75) is 141 Å². The molecule has 6 heterocycles. The quantitative estimate of drug-likeness (QED) is 0.00830. The molecule has 2 fully saturated rings. The Morgan fingerprint density at radius 1 is 0.661 bits per heavy atom. The number of nitriles is 2. The number of nitro groups is 1. The molecule has 9 aromatic rings. The van der Waals surface area contributed by atoms with Crippen molar-refractivity contribution in [2.75, 3.05) is 31.8 Å². The molecule has 4 aromatic heterocycles. The molecule has 32 nitrogen and oxygen atoms in total. The van der Waals surface area contributed by atoms with E-state index in [4.69, 9.17) is 49.9 Å². The van der Waals surface area contributed by atoms with E-state index < -0.39 is 125 Å². The minimum atomic E-state index is -4.44. The second-order valence-electron chi connectivity index (χ2n) is 24.5. The first-order chi connectivity index (χ1) is 51.0. The summed E-state index contributed by atoms with van der Waals surface area (Å²) in [7, 11) is -9.65. The summed E-state index contributed by atoms with van der Waals surface area (Å²) in [6.07, 6.45) is -7.00. The molecule has 0 amide bonds. The van der Waals surface area contributed by atoms with E-state index >= 15 is 0 Å². The number of carbonyl (C=O) groups excluding carboxylic acids is 2. The fraction of sp³-hybridized carbons (Fsp3) is 0.347. The first-order valence-electron chi connectivity index (χ1n) is 33.3. The van der Waals surface area contributed by atoms with Crippen LogP contribution in [0.1, 0.15) is 81.2 Å². The number of hydrogen-bond acceptors (Lipinski definition) is 27. The van der Waals surface area contributed by atoms with Crippen molar-refractivity contribution in [2.24, 2.45) is 0 Å². The van der Waals surface area contributed by atoms with Gasteiger partial charge in [-0.1, -0.05) is 104 Å². The zero-order chi connectivity index (χ0) is 78.2. The monoisotopic (exact) mass is 1580 g/mol. The van der Waals surface area contributed by atoms with Crippen LogP contribution in [0.2, 0.25) is 0 Å². The SMILES string of the molecule is C.CC(C)OC(=O)[C@H](Cc1ccccc1)NP(=O)(OC[C@H]1O[C@@](C#N)(c2ccc3c(N)ncnn23)[C@H](O)[C@@H]1O)Oc1ccccc1.CC(C)OC(=O)[C@H](Cc1ccccc1)NP(=O)(Oc1ccccc1)Oc1ccc([N+](=O)[O-])cc1.C[C-](C)C.N#C[C@@]1(c2ccc3c(N)ncnn23)O[C@H](CO)[C@@H](O)[C@H]1O.[2H]CF.[Cl-].[HH].[Mg+2]. The van der Waals surface area contributed by atoms with E-state index in [1.54, 1.807) is 125 Å². The number of carbonyl (C=O) groups is 2. The number of aliphatic hydroxyl groups is 5. The number of para-hydroxylation sites is 2. The van der Waals surface area contributed by atoms with Gasteiger partial charge in [-0.2, -0.15) is 51.7 Å². The fourth-order valence-corrected chi connectivity index (χ4v) is 13.5. The number of rotatable bonds is 25. The van der Waals surface area contributed by atoms with Crippen molar-refractivity contribution >= 4 is 78.8 Å². The zero-order valence-corrected chi connectivity index (χ0v) is 63.6. The maximum atomic E-state index is 14.3. The Morgan fingerprint density at radius 3 is 1.37 bits per heavy atom. The van der Waals surface area contributed by atoms with Crippen LogP contribution >= 0.6 is 15.5 Å². The maximum Gasteiger partial charge on any atom is 2.00 e. The molecule has 0 bridgehead atoms. The summed E-state index contributed by atoms with van der Waals surface area (Å²) >= 11 is 0. The summed E-state index contributed by atoms with van der Waals surface area (Å²) in [5.41, 5.74) is 10.2. The third kappa shape index (κ3) is 24.1. The molecule has 11 N–H and O–H groups in total. The van der Waals surface area contributed by atoms with Crippen LogP contribution in [-0.4, -0.2) is 176 Å². The van der Waals surface area contributed by atoms with Crippen molar-refractivity contribution in [3.63, 3.8) is 0 Å². The number of nitrogens with zero attached hydrogens (tertiary/aromatic N) is 9. The number of esters is 2. The van der Waals surface area contributed by atoms with E-state index in [1.807, 2.05) is 48.5 Å². The molecule has 0 aliphatic carbocycles. The first kappa shape index (κ1) is 90.3. The second-order valence-corrected chi connectivity index (χ2v) is 27.9. The van der Waals surface area contributed by atoms with Crippen LogP contribution in [0.15, 0.2) is 183 Å². The van der Waals surface area contributed by atoms with Crippen molar-refractivity contribution in [1.29, 1.82) is 10.5 Å². The average molecular weight is 1580 g/mol. The first-order valence-corrected chi connectivity index (χ1v) is 35.7. The largest absolute Gasteiger partial charge is 2.00 e. The number of nitro benzene ring substituents is 1. The normalized spacial score (nSPS) is 20.6. The number of nitrogen functional groups attached to an aromatic ring is 2. The van der Waals surface area contributed by atoms with E-state index in [2.05, 4.69) is 51.1 Å². The van der Waals surface area contributed by atoms with Gasteiger partial charge >= 0.3 is 50.5 Å². The number of ether oxygens (including phenoxy) is 4. The van der Waals surface area contributed by atoms with Crippen molar-refractivity contribution in [1.82, 2.24) is 39.4 Å². The van der Waals surface area contributed by atoms with Gasteiger partial charge in [-0.05, 0) is 112 Å². The third-order valence-electron chi connectivity index (χ3n) is 15.2. The molecule has 11 rings (SSSR count). The number of hydrogen-bond donors (Lipinski definition) is 9. The molecule has 109 heavy (non-hydrogen) atoms. The third-order valence-corrected chi connectivity index (χ3v) is 18.3. The molecule has 2 unspecified atom stereocenters. The number of nitrogens with two attached hydrogens (primary N) is 2. The summed E-state index contributed by atoms with van der Waals surface area (Å²) in [6, 6.07) is 47.4. The number of halogens is 2. The number of fused-ring (bicyclic) bond motifs is 2. The number of nitrogens with one attached hydrogen (secondary N) is 2. The molecule has 0 spiro atoms. The van der Waals surface area contributed by atoms with Crippen LogP contribution in [0.4, 0.5) is 21.7 Å². The number of anilines is 2. The summed E-state index contributed by atoms with van der Waals surface area (Å²) in [5.74, 6) is 0.915. The summed E-state index contributed by atoms with van der Waals surface area (Å²) in [4.78, 5) is 44.2. The summed E-state index contributed by atoms with van der Waals surface area (Å²) < 4.78 is 91.4. The fourth-order valence-electron chi connectivity index (χ4n) is 10.5. The van der Waals surface area contributed by atoms with Gasteiger partial charge in [0.2, 0.25) is 11.2 Å². The van der Waals surface area contributed by atoms with Gasteiger partial charge in [0.15, 0.2) is 11.6 Å². The van der Waals surface area contributed by atoms with Gasteiger partial charge in [0.1, 0.15) is 102 Å². The van der Waals surface area contributed by atoms with E-state index in [-0.39, 0.29) is 103 Å². The molecule has 37 heteroatoms. The van der Waals surface area contributed by atoms with E-state index in [9.17, 15) is 69.3 Å². The molecule has 2 aliphatic rings. The van der Waals surface area contributed by atoms with Crippen molar-refractivity contribution in [3.05, 3.63) is 221 Å². The Bertz CT molecular complexity index is 4560. The van der Waals surface area contributed by atoms with Gasteiger partial charge in [-0.15, -0.1) is 0 Å². The van der Waals surface area contributed by atoms with Crippen LogP contribution in [0, 0.1) is 38.7 Å². The molecule has 0 radical (unpaired) electrons. The Kier molecular flexibility index (Phi) is 35.3. The number of aliphatic hydroxyl groups excluding tert-OH is 5. The number of non-ortho nitro benzene ring substituents is 1. The smallest absolute Gasteiger partial charge is 1.00 e. The minimum absolute atomic E-state index is 0. The predicted molar refractivity (Wildman–Crippen MR) is 398 cm³/mol. The zero-order valence-electron chi connectivity index (χ0n) is 60.6. The van der Waals surface area contributed by atoms with Gasteiger partial charge in [0.25, 0.3) is 5.69 Å². The predicted octanol–water partition coefficient (Wildman–Crippen LogP) is 5.68. The Hall–Kier alpha value is -9.29. The van der Waals surface area contributed by atoms with Crippen LogP contribution < -0.4 is 47.6 Å². The van der Waals surface area contributed by atoms with E-state index in [0.29, 0.717) is 11.0 Å². The second kappa shape index (κ2) is 42.6. The molecule has 2 saturated heterocycles. The van der Waals surface area contributed by atoms with Crippen molar-refractivity contribution in [3.8, 4) is 29.4 Å². The molecule has 12 atom stereocenters. The molecule has 0 saturated carbocycles. The van der Waals surface area contributed by atoms with Gasteiger partial charge in [0.05, 0.1) is 50.3 Å². The van der Waals surface area contributed by atoms with Gasteiger partial charge in [-0.3, -0.25) is 28.6 Å². The summed E-state index contributed by atoms with van der Waals surface area (Å²) in [6.45, 7) is 11.9. The van der Waals surface area contributed by atoms with Crippen LogP contribution in [0.3, 0.4) is 0 Å². The standard InChI is InChI=1S/C30H33N6O8P.C24H25N2O7P.C12H13N5O4.C4H9.CH3F.CH4.ClH.Mg.H2/c1-19(2)42-29(39)22(15-20-9-5-3-6-10-20)35-45(40,44-21-11-7-4-8-12-21)41-16-24-26(37)27(38)30(17-31,43-24)25-14-13-23-28(32)33-18-34-36(23)25;1-18(2)31-24(27)23(17-19-9-5-3-6-10-19)25-34(30,32-21-11-7-4-8-12-21)33-22-15-13-20(14-16-22)26(28)29;13-4-12(10(20)9(19)7(3-18)21-12)8-2-1-6-11(14)15-5-16-17(6)8;1-4(2)3;1-2;;;;/h3-14,18-19,22,24,26-27,37-38H,15-16H2,1-2H3,(H,35,40)(H2,32,33,34);3-16,18,23H,17H2,1-2H3,(H,25,30);1-2,5,7,9-10,18-20H,3H2,(H2,14,15,16);1-3H3;1H3;1H4;1H;;1H/q;;;-1;;;;+2;/p-1/t22-,24+,26+,27+,30-,45?;23-,34?;7-,9-,10-,12+;;;;;;/m001....../s1/i;;;;1D;;;;. The van der Waals surface area contributed by atoms with Gasteiger partial charge < -0.3 is 87.8 Å². The molecule has 2 aliphatic heterocycles. The topological polar surface area (TPSA) is 470 Å². The average Bonchev–Trinajstić information content (AvgIpc) is 1.59. The molecular weight excluding hydrogens is 1490 g/mol. The number of aromatic nitrogens is 6. The van der Waals surface area contributed by atoms with Gasteiger partial charge in [-0.25, -0.2) is 28.1 Å². The van der Waals surface area contributed by atoms with Crippen LogP contribution in [-0.2, 0) is 66.2 Å². The molecule has 5 aromatic carbocycles. The Morgan fingerprint density at radius 2 is 1.01 bits per heavy atom. The van der Waals surface area contributed by atoms with Gasteiger partial charge in [0, 0.05) is 13.6 Å². The molecule has 582 valence electrons. The Balaban J connectivity index is 0.000000427. The van der Waals surface area contributed by atoms with Crippen LogP contribution in [0.25, 0.3) is 11.0 Å². The summed E-state index contributed by atoms with van der Waals surface area (Å²) in [5, 5.41) is 95.6. The minimum Gasteiger partial charge on any atom is -1.00 e. The number of alkyl halides is 1.